The molecular formula is C95H131N7S7. The van der Waals surface area contributed by atoms with Gasteiger partial charge in [-0.15, -0.1) is 68.0 Å². The summed E-state index contributed by atoms with van der Waals surface area (Å²) in [5, 5.41) is 22.4. The van der Waals surface area contributed by atoms with E-state index in [9.17, 15) is 0 Å². The van der Waals surface area contributed by atoms with E-state index in [1.54, 1.807) is 91.8 Å². The van der Waals surface area contributed by atoms with Crippen LogP contribution in [0, 0.1) is 13.8 Å². The van der Waals surface area contributed by atoms with Gasteiger partial charge < -0.3 is 0 Å². The summed E-state index contributed by atoms with van der Waals surface area (Å²) in [6, 6.07) is 66.3. The van der Waals surface area contributed by atoms with Gasteiger partial charge in [-0.1, -0.05) is 362 Å². The average molecular weight is 1600 g/mol. The van der Waals surface area contributed by atoms with Crippen LogP contribution < -0.4 is 0 Å². The fourth-order valence-corrected chi connectivity index (χ4v) is 14.5. The van der Waals surface area contributed by atoms with Crippen molar-refractivity contribution in [2.45, 2.75) is 229 Å². The molecule has 14 rings (SSSR count). The number of aryl methyl sites for hydroxylation is 2. The van der Waals surface area contributed by atoms with Crippen LogP contribution in [0.3, 0.4) is 0 Å². The smallest absolute Gasteiger partial charge is 0.0964 e. The first-order valence-electron chi connectivity index (χ1n) is 39.2. The van der Waals surface area contributed by atoms with Crippen LogP contribution >= 0.6 is 79.4 Å². The SMILES string of the molecule is CC.CC.CC.CC.CC.CC.CC.CC(C)c1nc(-c2cccc3ccccc23)cs1.CC(C)c1nc(-c2ccccc2)c(-c2ccccc2)s1.CC(C)c1nc(-c2ccccc2)cs1.CC(C)c1ncc(-c2ccccc2)s1.Cc1csc(C(C)C)n1.Cc1csc(C(C)C)n1.c1ccncc1.c1ccsc1. The number of pyridine rings is 1. The summed E-state index contributed by atoms with van der Waals surface area (Å²) in [6.45, 7) is 58.2. The van der Waals surface area contributed by atoms with E-state index < -0.39 is 0 Å². The number of aromatic nitrogens is 7. The minimum absolute atomic E-state index is 0.458. The van der Waals surface area contributed by atoms with Gasteiger partial charge in [0, 0.05) is 104 Å². The van der Waals surface area contributed by atoms with Gasteiger partial charge in [-0.2, -0.15) is 11.3 Å². The predicted octanol–water partition coefficient (Wildman–Crippen LogP) is 33.7. The first kappa shape index (κ1) is 101. The van der Waals surface area contributed by atoms with Gasteiger partial charge in [-0.3, -0.25) is 4.98 Å². The average Bonchev–Trinajstić information content (AvgIpc) is 1.68. The molecule has 8 aromatic heterocycles. The molecule has 109 heavy (non-hydrogen) atoms. The first-order chi connectivity index (χ1) is 52.9. The Hall–Kier alpha value is -7.79. The molecule has 0 radical (unpaired) electrons. The standard InChI is InChI=1S/C18H17NS.C16H15NS.2C12H13NS.2C7H11NS.C5H5N.C4H4S.7C2H6/c1-13(2)18-19-16(14-9-5-3-6-10-14)17(20-18)15-11-7-4-8-12-15;1-11(2)16-17-15(10-18-16)14-9-5-7-12-6-3-4-8-13(12)14;1-9(2)12-13-11(8-14-12)10-6-4-3-5-7-10;1-9(2)12-13-8-11(14-12)10-6-4-3-5-7-10;2*1-5(2)7-8-6(3)4-9-7;1-2-4-6-5-3-1;1-2-4-5-3-1;7*1-2/h3-13H,1-2H3;3-11H,1-2H3;2*3-9H,1-2H3;2*4-5H,1-3H3;1-5H;1-4H;7*1-2H3. The molecule has 0 saturated carbocycles. The molecule has 7 nitrogen and oxygen atoms in total. The van der Waals surface area contributed by atoms with Crippen LogP contribution in [0.2, 0.25) is 0 Å². The highest BCUT2D eigenvalue weighted by Gasteiger charge is 2.17. The van der Waals surface area contributed by atoms with Gasteiger partial charge in [0.25, 0.3) is 0 Å². The van der Waals surface area contributed by atoms with E-state index in [0.29, 0.717) is 35.5 Å². The zero-order valence-corrected chi connectivity index (χ0v) is 76.8. The van der Waals surface area contributed by atoms with Gasteiger partial charge in [0.1, 0.15) is 0 Å². The number of hydrogen-bond acceptors (Lipinski definition) is 14. The van der Waals surface area contributed by atoms with E-state index in [2.05, 4.69) is 263 Å². The van der Waals surface area contributed by atoms with Crippen LogP contribution in [0.1, 0.15) is 257 Å². The molecule has 0 aliphatic heterocycles. The minimum Gasteiger partial charge on any atom is -0.265 e. The van der Waals surface area contributed by atoms with Crippen molar-refractivity contribution in [3.63, 3.8) is 0 Å². The van der Waals surface area contributed by atoms with Crippen LogP contribution in [0.25, 0.3) is 65.4 Å². The van der Waals surface area contributed by atoms with Crippen LogP contribution in [0.15, 0.2) is 245 Å². The highest BCUT2D eigenvalue weighted by Crippen LogP contribution is 2.39. The van der Waals surface area contributed by atoms with E-state index >= 15 is 0 Å². The van der Waals surface area contributed by atoms with Crippen molar-refractivity contribution >= 4 is 90.1 Å². The minimum atomic E-state index is 0.458. The maximum atomic E-state index is 4.87. The number of benzene rings is 6. The van der Waals surface area contributed by atoms with E-state index in [-0.39, 0.29) is 0 Å². The maximum absolute atomic E-state index is 4.87. The van der Waals surface area contributed by atoms with Crippen molar-refractivity contribution < 1.29 is 0 Å². The molecule has 0 unspecified atom stereocenters. The van der Waals surface area contributed by atoms with Gasteiger partial charge in [-0.05, 0) is 58.6 Å². The van der Waals surface area contributed by atoms with Crippen LogP contribution in [0.4, 0.5) is 0 Å². The Morgan fingerprint density at radius 3 is 1.03 bits per heavy atom. The van der Waals surface area contributed by atoms with Gasteiger partial charge in [0.05, 0.1) is 56.9 Å². The second-order valence-electron chi connectivity index (χ2n) is 23.8. The monoisotopic (exact) mass is 1590 g/mol. The number of fused-ring (bicyclic) bond motifs is 1. The van der Waals surface area contributed by atoms with Crippen molar-refractivity contribution in [1.82, 2.24) is 34.9 Å². The summed E-state index contributed by atoms with van der Waals surface area (Å²) in [5.74, 6) is 3.18. The van der Waals surface area contributed by atoms with Crippen LogP contribution in [-0.2, 0) is 0 Å². The van der Waals surface area contributed by atoms with Gasteiger partial charge in [0.2, 0.25) is 0 Å². The Morgan fingerprint density at radius 2 is 0.661 bits per heavy atom. The summed E-state index contributed by atoms with van der Waals surface area (Å²) < 4.78 is 0. The third-order valence-electron chi connectivity index (χ3n) is 13.7. The van der Waals surface area contributed by atoms with Crippen molar-refractivity contribution in [3.8, 4) is 54.7 Å². The largest absolute Gasteiger partial charge is 0.265 e. The molecule has 14 aromatic rings. The second kappa shape index (κ2) is 62.9. The summed E-state index contributed by atoms with van der Waals surface area (Å²) in [7, 11) is 0. The molecule has 0 N–H and O–H groups in total. The molecule has 0 spiro atoms. The number of thiophene rings is 1. The van der Waals surface area contributed by atoms with Crippen LogP contribution in [-0.4, -0.2) is 34.9 Å². The zero-order chi connectivity index (χ0) is 81.9. The maximum Gasteiger partial charge on any atom is 0.0964 e. The van der Waals surface area contributed by atoms with Gasteiger partial charge in [0.15, 0.2) is 0 Å². The third-order valence-corrected chi connectivity index (χ3v) is 21.9. The van der Waals surface area contributed by atoms with Gasteiger partial charge >= 0.3 is 0 Å². The highest BCUT2D eigenvalue weighted by molar-refractivity contribution is 7.16. The lowest BCUT2D eigenvalue weighted by molar-refractivity contribution is 0.847. The van der Waals surface area contributed by atoms with Crippen molar-refractivity contribution in [3.05, 3.63) is 286 Å². The topological polar surface area (TPSA) is 90.2 Å². The molecule has 0 aliphatic rings. The zero-order valence-electron chi connectivity index (χ0n) is 71.1. The first-order valence-corrected chi connectivity index (χ1v) is 45.3. The molecule has 0 fully saturated rings. The summed E-state index contributed by atoms with van der Waals surface area (Å²) in [5.41, 5.74) is 11.7. The number of hydrogen-bond donors (Lipinski definition) is 0. The molecule has 0 atom stereocenters. The Kier molecular flexibility index (Phi) is 58.4. The van der Waals surface area contributed by atoms with Crippen LogP contribution in [0.5, 0.6) is 0 Å². The molecule has 0 amide bonds. The highest BCUT2D eigenvalue weighted by atomic mass is 32.1. The number of thiazole rings is 6. The molecule has 0 saturated heterocycles. The Labute approximate surface area is 689 Å². The fourth-order valence-electron chi connectivity index (χ4n) is 8.68. The Bertz CT molecular complexity index is 4070. The van der Waals surface area contributed by atoms with Crippen molar-refractivity contribution in [2.24, 2.45) is 0 Å². The second-order valence-corrected chi connectivity index (χ2v) is 30.3. The predicted molar refractivity (Wildman–Crippen MR) is 499 cm³/mol. The summed E-state index contributed by atoms with van der Waals surface area (Å²) in [6.07, 6.45) is 5.47. The van der Waals surface area contributed by atoms with E-state index in [1.807, 2.05) is 188 Å². The summed E-state index contributed by atoms with van der Waals surface area (Å²) in [4.78, 5) is 33.6. The third kappa shape index (κ3) is 39.1. The molecular weight excluding hydrogens is 1460 g/mol. The lowest BCUT2D eigenvalue weighted by atomic mass is 10.0. The fraction of sp³-hybridized carbons (Fsp3) is 0.358. The molecule has 8 heterocycles. The molecule has 0 aliphatic carbocycles. The Balaban J connectivity index is 0.00000123. The number of nitrogens with zero attached hydrogens (tertiary/aromatic N) is 7. The Morgan fingerprint density at radius 1 is 0.294 bits per heavy atom. The van der Waals surface area contributed by atoms with Gasteiger partial charge in [-0.25, -0.2) is 29.9 Å². The summed E-state index contributed by atoms with van der Waals surface area (Å²) >= 11 is 12.3. The van der Waals surface area contributed by atoms with E-state index in [1.165, 1.54) is 78.4 Å². The lowest BCUT2D eigenvalue weighted by Crippen LogP contribution is -1.86. The van der Waals surface area contributed by atoms with E-state index in [4.69, 9.17) is 9.97 Å². The van der Waals surface area contributed by atoms with Crippen molar-refractivity contribution in [2.75, 3.05) is 0 Å². The molecule has 6 aromatic carbocycles. The normalized spacial score (nSPS) is 9.60. The van der Waals surface area contributed by atoms with Crippen molar-refractivity contribution in [1.29, 1.82) is 0 Å². The molecule has 14 heteroatoms. The molecule has 588 valence electrons. The molecule has 0 bridgehead atoms. The lowest BCUT2D eigenvalue weighted by Gasteiger charge is -2.03. The van der Waals surface area contributed by atoms with E-state index in [0.717, 1.165) is 28.5 Å². The number of rotatable bonds is 11. The quantitative estimate of drug-likeness (QED) is 0.127.